The molecule has 3 aliphatic heterocycles. The number of hydrogen-bond acceptors (Lipinski definition) is 10. The number of carbonyl (C=O) groups excluding carboxylic acids is 1. The summed E-state index contributed by atoms with van der Waals surface area (Å²) in [5.74, 6) is 2.36. The standard InChI is InChI=1S/C27H31N7O4/c35-21-15-18(7-9-20(21)24(36)28-19-8-10-22-23(16-19)38-17-37-22)29-25-30-26(33-11-3-1-4-12-33)32-27(31-25)34-13-5-2-6-14-34/h7-10,15-16,35H,1-6,11-14,17H2,(H,28,36)(H,29,30,31,32). The molecule has 2 aromatic carbocycles. The summed E-state index contributed by atoms with van der Waals surface area (Å²) in [6.45, 7) is 3.86. The van der Waals surface area contributed by atoms with E-state index in [4.69, 9.17) is 24.4 Å². The maximum Gasteiger partial charge on any atom is 0.259 e. The van der Waals surface area contributed by atoms with Crippen LogP contribution >= 0.6 is 0 Å². The van der Waals surface area contributed by atoms with Gasteiger partial charge in [-0.05, 0) is 62.8 Å². The number of piperidine rings is 2. The van der Waals surface area contributed by atoms with Crippen molar-refractivity contribution < 1.29 is 19.4 Å². The second kappa shape index (κ2) is 10.6. The highest BCUT2D eigenvalue weighted by Gasteiger charge is 2.21. The third-order valence-corrected chi connectivity index (χ3v) is 7.02. The molecule has 11 heteroatoms. The molecule has 1 amide bonds. The fourth-order valence-corrected chi connectivity index (χ4v) is 4.98. The predicted octanol–water partition coefficient (Wildman–Crippen LogP) is 4.28. The highest BCUT2D eigenvalue weighted by Crippen LogP contribution is 2.35. The highest BCUT2D eigenvalue weighted by atomic mass is 16.7. The maximum absolute atomic E-state index is 12.8. The van der Waals surface area contributed by atoms with Crippen molar-refractivity contribution in [2.75, 3.05) is 53.4 Å². The van der Waals surface area contributed by atoms with Crippen LogP contribution in [0.15, 0.2) is 36.4 Å². The fourth-order valence-electron chi connectivity index (χ4n) is 4.98. The quantitative estimate of drug-likeness (QED) is 0.436. The summed E-state index contributed by atoms with van der Waals surface area (Å²) in [4.78, 5) is 31.5. The molecule has 1 aromatic heterocycles. The van der Waals surface area contributed by atoms with Gasteiger partial charge in [0, 0.05) is 49.7 Å². The number of aromatic hydroxyl groups is 1. The van der Waals surface area contributed by atoms with E-state index in [1.54, 1.807) is 30.3 Å². The number of phenolic OH excluding ortho intramolecular Hbond substituents is 1. The first kappa shape index (κ1) is 24.1. The molecule has 6 rings (SSSR count). The summed E-state index contributed by atoms with van der Waals surface area (Å²) in [6.07, 6.45) is 6.93. The van der Waals surface area contributed by atoms with E-state index in [0.29, 0.717) is 40.7 Å². The average molecular weight is 518 g/mol. The molecule has 3 aromatic rings. The van der Waals surface area contributed by atoms with Gasteiger partial charge in [-0.2, -0.15) is 15.0 Å². The fraction of sp³-hybridized carbons (Fsp3) is 0.407. The second-order valence-corrected chi connectivity index (χ2v) is 9.73. The van der Waals surface area contributed by atoms with E-state index >= 15 is 0 Å². The molecule has 4 heterocycles. The predicted molar refractivity (Wildman–Crippen MR) is 144 cm³/mol. The van der Waals surface area contributed by atoms with Crippen LogP contribution in [0.4, 0.5) is 29.2 Å². The topological polar surface area (TPSA) is 125 Å². The third kappa shape index (κ3) is 5.22. The summed E-state index contributed by atoms with van der Waals surface area (Å²) in [7, 11) is 0. The number of benzene rings is 2. The molecule has 0 atom stereocenters. The zero-order chi connectivity index (χ0) is 25.9. The number of ether oxygens (including phenoxy) is 2. The van der Waals surface area contributed by atoms with Crippen LogP contribution in [0.2, 0.25) is 0 Å². The Morgan fingerprint density at radius 3 is 2.05 bits per heavy atom. The zero-order valence-corrected chi connectivity index (χ0v) is 21.2. The lowest BCUT2D eigenvalue weighted by Crippen LogP contribution is -2.34. The normalized spacial score (nSPS) is 16.8. The van der Waals surface area contributed by atoms with Crippen molar-refractivity contribution in [1.82, 2.24) is 15.0 Å². The molecular formula is C27H31N7O4. The Kier molecular flexibility index (Phi) is 6.72. The molecule has 198 valence electrons. The molecule has 0 aliphatic carbocycles. The van der Waals surface area contributed by atoms with Crippen LogP contribution in [0.5, 0.6) is 17.2 Å². The van der Waals surface area contributed by atoms with Crippen molar-refractivity contribution in [1.29, 1.82) is 0 Å². The lowest BCUT2D eigenvalue weighted by atomic mass is 10.1. The van der Waals surface area contributed by atoms with E-state index in [1.807, 2.05) is 0 Å². The van der Waals surface area contributed by atoms with Gasteiger partial charge in [-0.25, -0.2) is 0 Å². The number of nitrogens with one attached hydrogen (secondary N) is 2. The number of anilines is 5. The van der Waals surface area contributed by atoms with Crippen molar-refractivity contribution in [2.45, 2.75) is 38.5 Å². The second-order valence-electron chi connectivity index (χ2n) is 9.73. The first-order valence-electron chi connectivity index (χ1n) is 13.2. The van der Waals surface area contributed by atoms with Gasteiger partial charge in [0.05, 0.1) is 5.56 Å². The Morgan fingerprint density at radius 1 is 0.763 bits per heavy atom. The average Bonchev–Trinajstić information content (AvgIpc) is 3.42. The van der Waals surface area contributed by atoms with Crippen LogP contribution in [-0.4, -0.2) is 58.9 Å². The number of phenols is 1. The molecule has 0 bridgehead atoms. The van der Waals surface area contributed by atoms with E-state index in [-0.39, 0.29) is 18.1 Å². The van der Waals surface area contributed by atoms with Gasteiger partial charge in [0.1, 0.15) is 5.75 Å². The molecule has 0 unspecified atom stereocenters. The summed E-state index contributed by atoms with van der Waals surface area (Å²) >= 11 is 0. The van der Waals surface area contributed by atoms with Crippen molar-refractivity contribution >= 4 is 35.1 Å². The molecule has 11 nitrogen and oxygen atoms in total. The summed E-state index contributed by atoms with van der Waals surface area (Å²) in [5, 5.41) is 16.7. The summed E-state index contributed by atoms with van der Waals surface area (Å²) < 4.78 is 10.7. The molecule has 0 spiro atoms. The highest BCUT2D eigenvalue weighted by molar-refractivity contribution is 6.06. The van der Waals surface area contributed by atoms with Gasteiger partial charge in [-0.1, -0.05) is 0 Å². The molecule has 2 fully saturated rings. The van der Waals surface area contributed by atoms with Crippen LogP contribution < -0.4 is 29.9 Å². The van der Waals surface area contributed by atoms with Crippen molar-refractivity contribution in [2.24, 2.45) is 0 Å². The van der Waals surface area contributed by atoms with E-state index in [9.17, 15) is 9.90 Å². The Labute approximate surface area is 220 Å². The van der Waals surface area contributed by atoms with E-state index in [0.717, 1.165) is 51.9 Å². The van der Waals surface area contributed by atoms with Gasteiger partial charge in [0.25, 0.3) is 5.91 Å². The molecule has 3 N–H and O–H groups in total. The van der Waals surface area contributed by atoms with Crippen LogP contribution in [0, 0.1) is 0 Å². The van der Waals surface area contributed by atoms with Crippen molar-refractivity contribution in [3.05, 3.63) is 42.0 Å². The summed E-state index contributed by atoms with van der Waals surface area (Å²) in [6, 6.07) is 9.93. The van der Waals surface area contributed by atoms with Gasteiger partial charge in [-0.3, -0.25) is 4.79 Å². The molecule has 0 saturated carbocycles. The summed E-state index contributed by atoms with van der Waals surface area (Å²) in [5.41, 5.74) is 1.26. The van der Waals surface area contributed by atoms with Crippen molar-refractivity contribution in [3.63, 3.8) is 0 Å². The first-order chi connectivity index (χ1) is 18.6. The van der Waals surface area contributed by atoms with Gasteiger partial charge in [0.15, 0.2) is 11.5 Å². The minimum atomic E-state index is -0.437. The Balaban J connectivity index is 1.20. The zero-order valence-electron chi connectivity index (χ0n) is 21.2. The van der Waals surface area contributed by atoms with E-state index in [1.165, 1.54) is 18.9 Å². The number of rotatable bonds is 6. The number of aromatic nitrogens is 3. The van der Waals surface area contributed by atoms with Gasteiger partial charge >= 0.3 is 0 Å². The smallest absolute Gasteiger partial charge is 0.259 e. The number of fused-ring (bicyclic) bond motifs is 1. The minimum Gasteiger partial charge on any atom is -0.507 e. The third-order valence-electron chi connectivity index (χ3n) is 7.02. The van der Waals surface area contributed by atoms with Crippen LogP contribution in [0.1, 0.15) is 48.9 Å². The van der Waals surface area contributed by atoms with Crippen LogP contribution in [0.3, 0.4) is 0 Å². The molecular weight excluding hydrogens is 486 g/mol. The Morgan fingerprint density at radius 2 is 1.39 bits per heavy atom. The molecule has 3 aliphatic rings. The molecule has 2 saturated heterocycles. The SMILES string of the molecule is O=C(Nc1ccc2c(c1)OCO2)c1ccc(Nc2nc(N3CCCCC3)nc(N3CCCCC3)n2)cc1O. The number of amides is 1. The Bertz CT molecular complexity index is 1290. The minimum absolute atomic E-state index is 0.145. The maximum atomic E-state index is 12.8. The molecule has 0 radical (unpaired) electrons. The monoisotopic (exact) mass is 517 g/mol. The van der Waals surface area contributed by atoms with Crippen LogP contribution in [-0.2, 0) is 0 Å². The largest absolute Gasteiger partial charge is 0.507 e. The number of nitrogens with zero attached hydrogens (tertiary/aromatic N) is 5. The van der Waals surface area contributed by atoms with Gasteiger partial charge in [-0.15, -0.1) is 0 Å². The van der Waals surface area contributed by atoms with Gasteiger partial charge in [0.2, 0.25) is 24.6 Å². The molecule has 38 heavy (non-hydrogen) atoms. The van der Waals surface area contributed by atoms with Crippen LogP contribution in [0.25, 0.3) is 0 Å². The van der Waals surface area contributed by atoms with Gasteiger partial charge < -0.3 is 35.0 Å². The lowest BCUT2D eigenvalue weighted by molar-refractivity contribution is 0.102. The lowest BCUT2D eigenvalue weighted by Gasteiger charge is -2.30. The number of carbonyl (C=O) groups is 1. The van der Waals surface area contributed by atoms with E-state index < -0.39 is 5.91 Å². The Hall–Kier alpha value is -4.28. The van der Waals surface area contributed by atoms with E-state index in [2.05, 4.69) is 20.4 Å². The van der Waals surface area contributed by atoms with Crippen molar-refractivity contribution in [3.8, 4) is 17.2 Å². The number of hydrogen-bond donors (Lipinski definition) is 3. The first-order valence-corrected chi connectivity index (χ1v) is 13.2.